The number of carbonyl (C=O) groups excluding carboxylic acids is 1. The van der Waals surface area contributed by atoms with E-state index in [1.807, 2.05) is 43.4 Å². The first-order valence-electron chi connectivity index (χ1n) is 8.30. The van der Waals surface area contributed by atoms with E-state index in [0.29, 0.717) is 21.7 Å². The molecule has 0 saturated heterocycles. The van der Waals surface area contributed by atoms with Gasteiger partial charge in [0.05, 0.1) is 17.8 Å². The van der Waals surface area contributed by atoms with E-state index in [1.54, 1.807) is 23.8 Å². The van der Waals surface area contributed by atoms with Crippen LogP contribution in [0.5, 0.6) is 5.75 Å². The van der Waals surface area contributed by atoms with Crippen molar-refractivity contribution in [2.75, 3.05) is 12.5 Å². The van der Waals surface area contributed by atoms with Gasteiger partial charge in [0.15, 0.2) is 21.8 Å². The summed E-state index contributed by atoms with van der Waals surface area (Å²) in [4.78, 5) is 12.0. The number of hydrogen-bond acceptors (Lipinski definition) is 7. The van der Waals surface area contributed by atoms with Crippen LogP contribution in [0.15, 0.2) is 58.8 Å². The number of halogens is 1. The van der Waals surface area contributed by atoms with E-state index in [2.05, 4.69) is 20.7 Å². The first-order chi connectivity index (χ1) is 13.5. The van der Waals surface area contributed by atoms with E-state index in [-0.39, 0.29) is 10.8 Å². The summed E-state index contributed by atoms with van der Waals surface area (Å²) < 4.78 is 6.98. The summed E-state index contributed by atoms with van der Waals surface area (Å²) in [6.45, 7) is 1.45. The SMILES string of the molecule is COc1ccc(-c2nnc(S/C(=N/Nc3ccccc3Cl)C(C)=O)n2C)cc1. The fourth-order valence-corrected chi connectivity index (χ4v) is 3.21. The highest BCUT2D eigenvalue weighted by Gasteiger charge is 2.17. The highest BCUT2D eigenvalue weighted by atomic mass is 35.5. The molecule has 1 heterocycles. The lowest BCUT2D eigenvalue weighted by molar-refractivity contribution is -0.110. The highest BCUT2D eigenvalue weighted by molar-refractivity contribution is 8.15. The Morgan fingerprint density at radius 2 is 1.89 bits per heavy atom. The Labute approximate surface area is 171 Å². The molecule has 0 amide bonds. The average Bonchev–Trinajstić information content (AvgIpc) is 3.06. The number of anilines is 1. The van der Waals surface area contributed by atoms with Crippen LogP contribution in [-0.2, 0) is 11.8 Å². The van der Waals surface area contributed by atoms with Crippen molar-refractivity contribution in [2.45, 2.75) is 12.1 Å². The molecule has 0 aliphatic carbocycles. The Kier molecular flexibility index (Phi) is 6.33. The van der Waals surface area contributed by atoms with Crippen LogP contribution in [0, 0.1) is 0 Å². The van der Waals surface area contributed by atoms with Gasteiger partial charge in [0.25, 0.3) is 0 Å². The van der Waals surface area contributed by atoms with E-state index in [0.717, 1.165) is 23.1 Å². The monoisotopic (exact) mass is 415 g/mol. The van der Waals surface area contributed by atoms with Crippen molar-refractivity contribution < 1.29 is 9.53 Å². The number of methoxy groups -OCH3 is 1. The number of nitrogens with zero attached hydrogens (tertiary/aromatic N) is 4. The Morgan fingerprint density at radius 3 is 2.54 bits per heavy atom. The number of hydrogen-bond donors (Lipinski definition) is 1. The number of para-hydroxylation sites is 1. The number of ketones is 1. The molecule has 2 aromatic carbocycles. The molecule has 0 radical (unpaired) electrons. The maximum atomic E-state index is 12.0. The molecule has 9 heteroatoms. The predicted octanol–water partition coefficient (Wildman–Crippen LogP) is 4.25. The Morgan fingerprint density at radius 1 is 1.18 bits per heavy atom. The Bertz CT molecular complexity index is 1020. The van der Waals surface area contributed by atoms with Crippen molar-refractivity contribution in [3.8, 4) is 17.1 Å². The molecule has 0 bridgehead atoms. The molecule has 7 nitrogen and oxygen atoms in total. The smallest absolute Gasteiger partial charge is 0.197 e. The third-order valence-corrected chi connectivity index (χ3v) is 5.26. The molecule has 0 aliphatic heterocycles. The second-order valence-corrected chi connectivity index (χ2v) is 7.12. The van der Waals surface area contributed by atoms with Crippen molar-refractivity contribution in [1.29, 1.82) is 0 Å². The number of carbonyl (C=O) groups is 1. The van der Waals surface area contributed by atoms with E-state index >= 15 is 0 Å². The molecule has 1 N–H and O–H groups in total. The van der Waals surface area contributed by atoms with Crippen LogP contribution in [0.25, 0.3) is 11.4 Å². The number of rotatable bonds is 6. The van der Waals surface area contributed by atoms with Gasteiger partial charge in [-0.05, 0) is 48.2 Å². The fraction of sp³-hybridized carbons (Fsp3) is 0.158. The van der Waals surface area contributed by atoms with E-state index in [9.17, 15) is 4.79 Å². The first kappa shape index (κ1) is 19.9. The van der Waals surface area contributed by atoms with E-state index < -0.39 is 0 Å². The molecule has 144 valence electrons. The minimum atomic E-state index is -0.196. The average molecular weight is 416 g/mol. The van der Waals surface area contributed by atoms with Gasteiger partial charge in [-0.2, -0.15) is 5.10 Å². The number of Topliss-reactive ketones (excluding diaryl/α,β-unsaturated/α-hetero) is 1. The zero-order valence-corrected chi connectivity index (χ0v) is 17.1. The molecule has 3 rings (SSSR count). The minimum Gasteiger partial charge on any atom is -0.497 e. The van der Waals surface area contributed by atoms with Crippen LogP contribution in [0.2, 0.25) is 5.02 Å². The van der Waals surface area contributed by atoms with Crippen LogP contribution < -0.4 is 10.2 Å². The molecule has 0 fully saturated rings. The lowest BCUT2D eigenvalue weighted by Crippen LogP contribution is -2.09. The van der Waals surface area contributed by atoms with Gasteiger partial charge >= 0.3 is 0 Å². The first-order valence-corrected chi connectivity index (χ1v) is 9.50. The molecular formula is C19H18ClN5O2S. The van der Waals surface area contributed by atoms with Crippen molar-refractivity contribution in [1.82, 2.24) is 14.8 Å². The number of thioether (sulfide) groups is 1. The topological polar surface area (TPSA) is 81.4 Å². The molecule has 0 saturated carbocycles. The molecular weight excluding hydrogens is 398 g/mol. The van der Waals surface area contributed by atoms with Gasteiger partial charge < -0.3 is 9.30 Å². The molecule has 0 aliphatic rings. The highest BCUT2D eigenvalue weighted by Crippen LogP contribution is 2.26. The third kappa shape index (κ3) is 4.52. The van der Waals surface area contributed by atoms with Gasteiger partial charge in [0.2, 0.25) is 0 Å². The van der Waals surface area contributed by atoms with Crippen LogP contribution in [0.3, 0.4) is 0 Å². The number of aromatic nitrogens is 3. The van der Waals surface area contributed by atoms with Crippen LogP contribution in [0.1, 0.15) is 6.92 Å². The van der Waals surface area contributed by atoms with Gasteiger partial charge in [-0.25, -0.2) is 0 Å². The third-order valence-electron chi connectivity index (χ3n) is 3.82. The van der Waals surface area contributed by atoms with Gasteiger partial charge in [-0.1, -0.05) is 23.7 Å². The number of hydrazone groups is 1. The minimum absolute atomic E-state index is 0.196. The van der Waals surface area contributed by atoms with Crippen molar-refractivity contribution in [3.05, 3.63) is 53.6 Å². The lowest BCUT2D eigenvalue weighted by atomic mass is 10.2. The molecule has 0 spiro atoms. The summed E-state index contributed by atoms with van der Waals surface area (Å²) in [6.07, 6.45) is 0. The maximum absolute atomic E-state index is 12.0. The quantitative estimate of drug-likeness (QED) is 0.280. The summed E-state index contributed by atoms with van der Waals surface area (Å²) >= 11 is 7.24. The van der Waals surface area contributed by atoms with Gasteiger partial charge in [0.1, 0.15) is 5.75 Å². The van der Waals surface area contributed by atoms with Crippen LogP contribution in [-0.4, -0.2) is 32.7 Å². The summed E-state index contributed by atoms with van der Waals surface area (Å²) in [5.74, 6) is 1.24. The second-order valence-electron chi connectivity index (χ2n) is 5.76. The second kappa shape index (κ2) is 8.90. The fourth-order valence-electron chi connectivity index (χ4n) is 2.32. The predicted molar refractivity (Wildman–Crippen MR) is 112 cm³/mol. The normalized spacial score (nSPS) is 11.4. The van der Waals surface area contributed by atoms with Crippen molar-refractivity contribution in [3.63, 3.8) is 0 Å². The van der Waals surface area contributed by atoms with Crippen LogP contribution >= 0.6 is 23.4 Å². The zero-order valence-electron chi connectivity index (χ0n) is 15.5. The van der Waals surface area contributed by atoms with Gasteiger partial charge in [-0.15, -0.1) is 10.2 Å². The summed E-state index contributed by atoms with van der Waals surface area (Å²) in [7, 11) is 3.45. The van der Waals surface area contributed by atoms with Gasteiger partial charge in [-0.3, -0.25) is 10.2 Å². The summed E-state index contributed by atoms with van der Waals surface area (Å²) in [5.41, 5.74) is 4.33. The number of ether oxygens (including phenoxy) is 1. The number of nitrogens with one attached hydrogen (secondary N) is 1. The summed E-state index contributed by atoms with van der Waals surface area (Å²) in [6, 6.07) is 14.7. The summed E-state index contributed by atoms with van der Waals surface area (Å²) in [5, 5.41) is 13.9. The zero-order chi connectivity index (χ0) is 20.1. The van der Waals surface area contributed by atoms with E-state index in [1.165, 1.54) is 6.92 Å². The Hall–Kier alpha value is -2.84. The molecule has 1 aromatic heterocycles. The molecule has 0 unspecified atom stereocenters. The van der Waals surface area contributed by atoms with Gasteiger partial charge in [0, 0.05) is 19.5 Å². The molecule has 28 heavy (non-hydrogen) atoms. The largest absolute Gasteiger partial charge is 0.497 e. The van der Waals surface area contributed by atoms with Crippen molar-refractivity contribution >= 4 is 39.9 Å². The van der Waals surface area contributed by atoms with Crippen LogP contribution in [0.4, 0.5) is 5.69 Å². The maximum Gasteiger partial charge on any atom is 0.197 e. The lowest BCUT2D eigenvalue weighted by Gasteiger charge is -2.07. The molecule has 3 aromatic rings. The van der Waals surface area contributed by atoms with E-state index in [4.69, 9.17) is 16.3 Å². The van der Waals surface area contributed by atoms with Crippen molar-refractivity contribution in [2.24, 2.45) is 12.1 Å². The number of benzene rings is 2. The standard InChI is InChI=1S/C19H18ClN5O2S/c1-12(26)18(23-21-16-7-5-4-6-15(16)20)28-19-24-22-17(25(19)2)13-8-10-14(27-3)11-9-13/h4-11,21H,1-3H3/b23-18+. The molecule has 0 atom stereocenters. The Balaban J connectivity index is 1.82.